The summed E-state index contributed by atoms with van der Waals surface area (Å²) in [4.78, 5) is 19.3. The summed E-state index contributed by atoms with van der Waals surface area (Å²) in [6, 6.07) is 3.81. The third-order valence-corrected chi connectivity index (χ3v) is 5.31. The number of methoxy groups -OCH3 is 1. The molecule has 0 aliphatic rings. The van der Waals surface area contributed by atoms with E-state index >= 15 is 0 Å². The smallest absolute Gasteiger partial charge is 0.333 e. The molecule has 0 radical (unpaired) electrons. The highest BCUT2D eigenvalue weighted by Gasteiger charge is 2.21. The van der Waals surface area contributed by atoms with Crippen LogP contribution in [0.25, 0.3) is 38.9 Å². The topological polar surface area (TPSA) is 97.6 Å². The van der Waals surface area contributed by atoms with E-state index < -0.39 is 0 Å². The van der Waals surface area contributed by atoms with Crippen LogP contribution in [0.1, 0.15) is 5.69 Å². The van der Waals surface area contributed by atoms with Crippen molar-refractivity contribution in [2.75, 3.05) is 7.11 Å². The average Bonchev–Trinajstić information content (AvgIpc) is 3.37. The van der Waals surface area contributed by atoms with Crippen LogP contribution in [0.2, 0.25) is 0 Å². The Balaban J connectivity index is 1.94. The molecule has 5 aromatic rings. The van der Waals surface area contributed by atoms with Gasteiger partial charge in [-0.05, 0) is 13.0 Å². The Morgan fingerprint density at radius 3 is 2.50 bits per heavy atom. The van der Waals surface area contributed by atoms with E-state index in [1.807, 2.05) is 32.3 Å². The fraction of sp³-hybridized carbons (Fsp3) is 0.250. The first-order valence-electron chi connectivity index (χ1n) is 9.34. The molecule has 0 N–H and O–H groups in total. The van der Waals surface area contributed by atoms with Crippen LogP contribution in [-0.4, -0.2) is 46.0 Å². The van der Waals surface area contributed by atoms with Gasteiger partial charge < -0.3 is 4.74 Å². The standard InChI is InChI=1S/C20H20N8O2/c1-11-17(10-25(2)23-11)28-19-13-6-12(15-8-22-27(4)24-15)18(30-5)7-14(13)21-9-16(19)26(3)20(28)29/h6-10H,1-5H3. The molecule has 0 atom stereocenters. The lowest BCUT2D eigenvalue weighted by molar-refractivity contribution is 0.417. The molecule has 10 nitrogen and oxygen atoms in total. The van der Waals surface area contributed by atoms with Crippen LogP contribution in [-0.2, 0) is 21.1 Å². The third-order valence-electron chi connectivity index (χ3n) is 5.31. The minimum atomic E-state index is -0.160. The Morgan fingerprint density at radius 1 is 1.07 bits per heavy atom. The number of hydrogen-bond donors (Lipinski definition) is 0. The number of aryl methyl sites for hydroxylation is 4. The molecule has 10 heteroatoms. The molecule has 5 rings (SSSR count). The maximum Gasteiger partial charge on any atom is 0.333 e. The van der Waals surface area contributed by atoms with Crippen LogP contribution < -0.4 is 10.4 Å². The number of aromatic nitrogens is 8. The molecule has 4 aromatic heterocycles. The van der Waals surface area contributed by atoms with Crippen molar-refractivity contribution in [1.29, 1.82) is 0 Å². The van der Waals surface area contributed by atoms with Crippen LogP contribution in [0.5, 0.6) is 5.75 Å². The zero-order valence-corrected chi connectivity index (χ0v) is 17.3. The number of hydrogen-bond acceptors (Lipinski definition) is 6. The molecule has 0 aliphatic heterocycles. The number of ether oxygens (including phenoxy) is 1. The first-order valence-corrected chi connectivity index (χ1v) is 9.34. The van der Waals surface area contributed by atoms with Crippen LogP contribution in [0, 0.1) is 6.92 Å². The first-order chi connectivity index (χ1) is 14.4. The number of fused-ring (bicyclic) bond motifs is 3. The van der Waals surface area contributed by atoms with Gasteiger partial charge in [-0.15, -0.1) is 0 Å². The molecule has 0 amide bonds. The summed E-state index contributed by atoms with van der Waals surface area (Å²) in [5.41, 5.74) is 4.99. The molecule has 0 spiro atoms. The molecule has 0 fully saturated rings. The average molecular weight is 404 g/mol. The second-order valence-corrected chi connectivity index (χ2v) is 7.23. The van der Waals surface area contributed by atoms with E-state index in [0.717, 1.165) is 33.4 Å². The zero-order valence-electron chi connectivity index (χ0n) is 17.3. The fourth-order valence-corrected chi connectivity index (χ4v) is 3.89. The van der Waals surface area contributed by atoms with Crippen LogP contribution in [0.3, 0.4) is 0 Å². The van der Waals surface area contributed by atoms with Gasteiger partial charge in [-0.3, -0.25) is 18.8 Å². The Bertz CT molecular complexity index is 1500. The van der Waals surface area contributed by atoms with Gasteiger partial charge in [-0.25, -0.2) is 4.79 Å². The molecule has 0 aliphatic carbocycles. The van der Waals surface area contributed by atoms with E-state index in [1.165, 1.54) is 4.80 Å². The molecule has 1 aromatic carbocycles. The van der Waals surface area contributed by atoms with Crippen molar-refractivity contribution in [3.05, 3.63) is 46.9 Å². The largest absolute Gasteiger partial charge is 0.496 e. The summed E-state index contributed by atoms with van der Waals surface area (Å²) in [5.74, 6) is 0.636. The van der Waals surface area contributed by atoms with Crippen molar-refractivity contribution in [2.24, 2.45) is 21.1 Å². The molecule has 0 saturated heterocycles. The second-order valence-electron chi connectivity index (χ2n) is 7.23. The van der Waals surface area contributed by atoms with Crippen LogP contribution in [0.4, 0.5) is 0 Å². The minimum Gasteiger partial charge on any atom is -0.496 e. The lowest BCUT2D eigenvalue weighted by Gasteiger charge is -2.10. The summed E-state index contributed by atoms with van der Waals surface area (Å²) < 4.78 is 10.6. The van der Waals surface area contributed by atoms with Crippen molar-refractivity contribution in [1.82, 2.24) is 38.9 Å². The Kier molecular flexibility index (Phi) is 3.79. The van der Waals surface area contributed by atoms with Crippen molar-refractivity contribution in [3.8, 4) is 22.7 Å². The lowest BCUT2D eigenvalue weighted by atomic mass is 10.1. The highest BCUT2D eigenvalue weighted by molar-refractivity contribution is 6.05. The summed E-state index contributed by atoms with van der Waals surface area (Å²) in [7, 11) is 6.95. The number of nitrogens with zero attached hydrogens (tertiary/aromatic N) is 8. The van der Waals surface area contributed by atoms with Crippen molar-refractivity contribution < 1.29 is 4.74 Å². The highest BCUT2D eigenvalue weighted by Crippen LogP contribution is 2.35. The van der Waals surface area contributed by atoms with Gasteiger partial charge in [0.2, 0.25) is 0 Å². The predicted octanol–water partition coefficient (Wildman–Crippen LogP) is 1.72. The zero-order chi connectivity index (χ0) is 21.2. The Hall–Kier alpha value is -3.95. The van der Waals surface area contributed by atoms with Crippen LogP contribution >= 0.6 is 0 Å². The minimum absolute atomic E-state index is 0.160. The lowest BCUT2D eigenvalue weighted by Crippen LogP contribution is -2.21. The van der Waals surface area contributed by atoms with Gasteiger partial charge in [0.15, 0.2) is 0 Å². The molecule has 0 unspecified atom stereocenters. The molecular weight excluding hydrogens is 384 g/mol. The summed E-state index contributed by atoms with van der Waals surface area (Å²) in [6.45, 7) is 1.89. The van der Waals surface area contributed by atoms with Gasteiger partial charge in [0, 0.05) is 44.4 Å². The number of imidazole rings is 1. The summed E-state index contributed by atoms with van der Waals surface area (Å²) in [6.07, 6.45) is 5.23. The van der Waals surface area contributed by atoms with Crippen molar-refractivity contribution in [3.63, 3.8) is 0 Å². The molecule has 0 bridgehead atoms. The van der Waals surface area contributed by atoms with E-state index in [9.17, 15) is 4.79 Å². The maximum absolute atomic E-state index is 13.2. The summed E-state index contributed by atoms with van der Waals surface area (Å²) in [5, 5.41) is 13.8. The Morgan fingerprint density at radius 2 is 1.87 bits per heavy atom. The van der Waals surface area contributed by atoms with Crippen molar-refractivity contribution in [2.45, 2.75) is 6.92 Å². The quantitative estimate of drug-likeness (QED) is 0.454. The van der Waals surface area contributed by atoms with Crippen molar-refractivity contribution >= 4 is 21.9 Å². The predicted molar refractivity (Wildman–Crippen MR) is 112 cm³/mol. The summed E-state index contributed by atoms with van der Waals surface area (Å²) >= 11 is 0. The third kappa shape index (κ3) is 2.46. The number of pyridine rings is 1. The van der Waals surface area contributed by atoms with Gasteiger partial charge in [0.05, 0.1) is 47.4 Å². The molecule has 30 heavy (non-hydrogen) atoms. The van der Waals surface area contributed by atoms with E-state index in [1.54, 1.807) is 47.4 Å². The van der Waals surface area contributed by atoms with E-state index in [4.69, 9.17) is 4.74 Å². The van der Waals surface area contributed by atoms with Gasteiger partial charge in [-0.2, -0.15) is 20.1 Å². The monoisotopic (exact) mass is 404 g/mol. The van der Waals surface area contributed by atoms with Gasteiger partial charge in [0.1, 0.15) is 11.4 Å². The number of rotatable bonds is 3. The number of benzene rings is 1. The van der Waals surface area contributed by atoms with Gasteiger partial charge >= 0.3 is 5.69 Å². The fourth-order valence-electron chi connectivity index (χ4n) is 3.89. The van der Waals surface area contributed by atoms with Gasteiger partial charge in [-0.1, -0.05) is 0 Å². The van der Waals surface area contributed by atoms with E-state index in [2.05, 4.69) is 20.3 Å². The molecule has 4 heterocycles. The van der Waals surface area contributed by atoms with E-state index in [-0.39, 0.29) is 5.69 Å². The molecule has 0 saturated carbocycles. The normalized spacial score (nSPS) is 11.6. The van der Waals surface area contributed by atoms with Gasteiger partial charge in [0.25, 0.3) is 0 Å². The van der Waals surface area contributed by atoms with E-state index in [0.29, 0.717) is 17.0 Å². The first kappa shape index (κ1) is 18.1. The Labute approximate surface area is 170 Å². The highest BCUT2D eigenvalue weighted by atomic mass is 16.5. The SMILES string of the molecule is COc1cc2ncc3c(c2cc1-c1cnn(C)n1)n(-c1cn(C)nc1C)c(=O)n3C. The molecular formula is C20H20N8O2. The van der Waals surface area contributed by atoms with Crippen LogP contribution in [0.15, 0.2) is 35.5 Å². The maximum atomic E-state index is 13.2. The molecule has 152 valence electrons. The second kappa shape index (κ2) is 6.28.